The van der Waals surface area contributed by atoms with Gasteiger partial charge in [0.15, 0.2) is 0 Å². The van der Waals surface area contributed by atoms with Crippen LogP contribution in [0, 0.1) is 6.42 Å². The molecule has 0 aliphatic heterocycles. The molecule has 121 valence electrons. The maximum atomic E-state index is 8.63. The standard InChI is InChI=1S/C19H39O/c1-2-3-4-5-6-7-8-9-10-11-12-13-14-15-16-17-18-19-20/h18,20H,2-17,19H2,1H3. The van der Waals surface area contributed by atoms with Gasteiger partial charge in [0.2, 0.25) is 0 Å². The van der Waals surface area contributed by atoms with Crippen molar-refractivity contribution < 1.29 is 5.11 Å². The Bertz CT molecular complexity index is 138. The summed E-state index contributed by atoms with van der Waals surface area (Å²) in [5.41, 5.74) is 0. The largest absolute Gasteiger partial charge is 0.396 e. The summed E-state index contributed by atoms with van der Waals surface area (Å²) in [6, 6.07) is 0. The van der Waals surface area contributed by atoms with E-state index in [1.807, 2.05) is 6.42 Å². The van der Waals surface area contributed by atoms with Crippen molar-refractivity contribution in [1.29, 1.82) is 0 Å². The second-order valence-corrected chi connectivity index (χ2v) is 6.21. The van der Waals surface area contributed by atoms with E-state index in [4.69, 9.17) is 5.11 Å². The minimum absolute atomic E-state index is 0.249. The Kier molecular flexibility index (Phi) is 18.9. The molecule has 0 rings (SSSR count). The van der Waals surface area contributed by atoms with E-state index >= 15 is 0 Å². The molecule has 0 unspecified atom stereocenters. The molecule has 1 heteroatoms. The van der Waals surface area contributed by atoms with Crippen LogP contribution in [0.15, 0.2) is 0 Å². The fourth-order valence-electron chi connectivity index (χ4n) is 2.75. The van der Waals surface area contributed by atoms with Gasteiger partial charge < -0.3 is 5.11 Å². The van der Waals surface area contributed by atoms with E-state index in [1.54, 1.807) is 0 Å². The summed E-state index contributed by atoms with van der Waals surface area (Å²) in [7, 11) is 0. The monoisotopic (exact) mass is 283 g/mol. The molecule has 1 radical (unpaired) electrons. The Morgan fingerprint density at radius 3 is 1.25 bits per heavy atom. The van der Waals surface area contributed by atoms with E-state index in [0.717, 1.165) is 6.42 Å². The van der Waals surface area contributed by atoms with E-state index in [1.165, 1.54) is 96.3 Å². The molecule has 0 bridgehead atoms. The zero-order valence-electron chi connectivity index (χ0n) is 14.0. The SMILES string of the molecule is CCCCCCCCCCCCCCCCC[CH]CO. The van der Waals surface area contributed by atoms with Crippen molar-refractivity contribution in [2.75, 3.05) is 6.61 Å². The third-order valence-corrected chi connectivity index (χ3v) is 4.14. The van der Waals surface area contributed by atoms with Crippen molar-refractivity contribution in [1.82, 2.24) is 0 Å². The first-order chi connectivity index (χ1) is 9.91. The number of hydrogen-bond acceptors (Lipinski definition) is 1. The van der Waals surface area contributed by atoms with Crippen molar-refractivity contribution in [3.63, 3.8) is 0 Å². The van der Waals surface area contributed by atoms with Crippen LogP contribution in [0.5, 0.6) is 0 Å². The van der Waals surface area contributed by atoms with Gasteiger partial charge in [0.25, 0.3) is 0 Å². The molecule has 0 fully saturated rings. The molecular formula is C19H39O. The van der Waals surface area contributed by atoms with Crippen LogP contribution >= 0.6 is 0 Å². The van der Waals surface area contributed by atoms with Crippen LogP contribution in [0.25, 0.3) is 0 Å². The Balaban J connectivity index is 2.89. The van der Waals surface area contributed by atoms with Crippen molar-refractivity contribution in [2.24, 2.45) is 0 Å². The molecule has 0 aromatic rings. The van der Waals surface area contributed by atoms with Crippen molar-refractivity contribution in [3.05, 3.63) is 6.42 Å². The maximum absolute atomic E-state index is 8.63. The molecule has 0 spiro atoms. The predicted octanol–water partition coefficient (Wildman–Crippen LogP) is 6.44. The first-order valence-corrected chi connectivity index (χ1v) is 9.34. The number of hydrogen-bond donors (Lipinski definition) is 1. The fourth-order valence-corrected chi connectivity index (χ4v) is 2.75. The molecule has 0 aliphatic rings. The van der Waals surface area contributed by atoms with Crippen LogP contribution in [-0.2, 0) is 0 Å². The molecule has 0 amide bonds. The van der Waals surface area contributed by atoms with E-state index in [2.05, 4.69) is 6.92 Å². The number of aliphatic hydroxyl groups is 1. The Labute approximate surface area is 128 Å². The van der Waals surface area contributed by atoms with Gasteiger partial charge >= 0.3 is 0 Å². The maximum Gasteiger partial charge on any atom is 0.0462 e. The Morgan fingerprint density at radius 1 is 0.550 bits per heavy atom. The fraction of sp³-hybridized carbons (Fsp3) is 0.947. The highest BCUT2D eigenvalue weighted by atomic mass is 16.2. The minimum atomic E-state index is 0.249. The zero-order valence-corrected chi connectivity index (χ0v) is 14.0. The van der Waals surface area contributed by atoms with Crippen LogP contribution in [-0.4, -0.2) is 11.7 Å². The molecule has 0 saturated heterocycles. The number of rotatable bonds is 17. The molecule has 0 aromatic heterocycles. The predicted molar refractivity (Wildman–Crippen MR) is 90.9 cm³/mol. The molecule has 0 saturated carbocycles. The summed E-state index contributed by atoms with van der Waals surface area (Å²) in [4.78, 5) is 0. The summed E-state index contributed by atoms with van der Waals surface area (Å²) in [6.07, 6.45) is 24.3. The molecule has 0 aliphatic carbocycles. The van der Waals surface area contributed by atoms with Crippen molar-refractivity contribution in [2.45, 2.75) is 110 Å². The van der Waals surface area contributed by atoms with Gasteiger partial charge in [-0.2, -0.15) is 0 Å². The lowest BCUT2D eigenvalue weighted by Gasteiger charge is -2.03. The molecule has 0 aromatic carbocycles. The van der Waals surface area contributed by atoms with Gasteiger partial charge in [-0.05, 0) is 12.8 Å². The lowest BCUT2D eigenvalue weighted by atomic mass is 10.0. The third-order valence-electron chi connectivity index (χ3n) is 4.14. The van der Waals surface area contributed by atoms with Gasteiger partial charge in [-0.15, -0.1) is 0 Å². The Morgan fingerprint density at radius 2 is 0.900 bits per heavy atom. The average molecular weight is 284 g/mol. The average Bonchev–Trinajstić information content (AvgIpc) is 2.47. The van der Waals surface area contributed by atoms with Gasteiger partial charge in [-0.3, -0.25) is 0 Å². The van der Waals surface area contributed by atoms with E-state index < -0.39 is 0 Å². The van der Waals surface area contributed by atoms with Gasteiger partial charge in [-0.25, -0.2) is 0 Å². The minimum Gasteiger partial charge on any atom is -0.396 e. The molecule has 1 N–H and O–H groups in total. The van der Waals surface area contributed by atoms with Crippen molar-refractivity contribution in [3.8, 4) is 0 Å². The van der Waals surface area contributed by atoms with Crippen molar-refractivity contribution >= 4 is 0 Å². The molecule has 1 nitrogen and oxygen atoms in total. The van der Waals surface area contributed by atoms with Gasteiger partial charge in [-0.1, -0.05) is 103 Å². The summed E-state index contributed by atoms with van der Waals surface area (Å²) in [5.74, 6) is 0. The second kappa shape index (κ2) is 19.0. The zero-order chi connectivity index (χ0) is 14.7. The van der Waals surface area contributed by atoms with Crippen LogP contribution in [0.4, 0.5) is 0 Å². The van der Waals surface area contributed by atoms with Crippen LogP contribution in [0.2, 0.25) is 0 Å². The second-order valence-electron chi connectivity index (χ2n) is 6.21. The number of aliphatic hydroxyl groups excluding tert-OH is 1. The van der Waals surface area contributed by atoms with E-state index in [-0.39, 0.29) is 6.61 Å². The van der Waals surface area contributed by atoms with E-state index in [0.29, 0.717) is 0 Å². The normalized spacial score (nSPS) is 11.1. The van der Waals surface area contributed by atoms with Crippen LogP contribution in [0.1, 0.15) is 110 Å². The highest BCUT2D eigenvalue weighted by Crippen LogP contribution is 2.13. The first-order valence-electron chi connectivity index (χ1n) is 9.34. The number of unbranched alkanes of at least 4 members (excludes halogenated alkanes) is 16. The summed E-state index contributed by atoms with van der Waals surface area (Å²) >= 11 is 0. The summed E-state index contributed by atoms with van der Waals surface area (Å²) in [5, 5.41) is 8.63. The summed E-state index contributed by atoms with van der Waals surface area (Å²) < 4.78 is 0. The lowest BCUT2D eigenvalue weighted by Crippen LogP contribution is -1.85. The smallest absolute Gasteiger partial charge is 0.0462 e. The van der Waals surface area contributed by atoms with Gasteiger partial charge in [0, 0.05) is 6.61 Å². The highest BCUT2D eigenvalue weighted by molar-refractivity contribution is 4.61. The topological polar surface area (TPSA) is 20.2 Å². The third kappa shape index (κ3) is 18.0. The summed E-state index contributed by atoms with van der Waals surface area (Å²) in [6.45, 7) is 2.53. The molecular weight excluding hydrogens is 244 g/mol. The Hall–Kier alpha value is -0.0400. The molecule has 0 atom stereocenters. The first kappa shape index (κ1) is 20.0. The van der Waals surface area contributed by atoms with Crippen LogP contribution in [0.3, 0.4) is 0 Å². The lowest BCUT2D eigenvalue weighted by molar-refractivity contribution is 0.322. The molecule has 20 heavy (non-hydrogen) atoms. The van der Waals surface area contributed by atoms with Crippen LogP contribution < -0.4 is 0 Å². The van der Waals surface area contributed by atoms with E-state index in [9.17, 15) is 0 Å². The highest BCUT2D eigenvalue weighted by Gasteiger charge is 1.94. The van der Waals surface area contributed by atoms with Gasteiger partial charge in [0.05, 0.1) is 0 Å². The molecule has 0 heterocycles. The quantitative estimate of drug-likeness (QED) is 0.304. The van der Waals surface area contributed by atoms with Gasteiger partial charge in [0.1, 0.15) is 0 Å².